The summed E-state index contributed by atoms with van der Waals surface area (Å²) in [6.45, 7) is 8.97. The van der Waals surface area contributed by atoms with E-state index in [1.54, 1.807) is 0 Å². The van der Waals surface area contributed by atoms with Gasteiger partial charge in [0.05, 0.1) is 13.2 Å². The van der Waals surface area contributed by atoms with Gasteiger partial charge in [0.15, 0.2) is 5.79 Å². The van der Waals surface area contributed by atoms with Crippen LogP contribution in [0, 0.1) is 5.92 Å². The second-order valence-electron chi connectivity index (χ2n) is 6.90. The van der Waals surface area contributed by atoms with Crippen LogP contribution in [0.5, 0.6) is 0 Å². The van der Waals surface area contributed by atoms with Crippen molar-refractivity contribution in [2.45, 2.75) is 57.3 Å². The number of nitrogens with zero attached hydrogens (tertiary/aromatic N) is 1. The average molecular weight is 282 g/mol. The van der Waals surface area contributed by atoms with E-state index in [2.05, 4.69) is 17.1 Å². The zero-order valence-electron chi connectivity index (χ0n) is 12.9. The molecule has 4 nitrogen and oxygen atoms in total. The Kier molecular flexibility index (Phi) is 4.97. The first-order valence-corrected chi connectivity index (χ1v) is 8.49. The van der Waals surface area contributed by atoms with Crippen LogP contribution in [0.25, 0.3) is 0 Å². The van der Waals surface area contributed by atoms with Crippen molar-refractivity contribution in [3.63, 3.8) is 0 Å². The summed E-state index contributed by atoms with van der Waals surface area (Å²) in [4.78, 5) is 2.61. The Morgan fingerprint density at radius 2 is 1.80 bits per heavy atom. The molecule has 3 aliphatic rings. The van der Waals surface area contributed by atoms with Crippen LogP contribution in [0.2, 0.25) is 0 Å². The smallest absolute Gasteiger partial charge is 0.168 e. The molecule has 1 saturated carbocycles. The summed E-state index contributed by atoms with van der Waals surface area (Å²) in [5.74, 6) is 0.544. The van der Waals surface area contributed by atoms with E-state index in [0.29, 0.717) is 6.04 Å². The predicted octanol–water partition coefficient (Wildman–Crippen LogP) is 1.99. The van der Waals surface area contributed by atoms with Gasteiger partial charge in [-0.1, -0.05) is 6.92 Å². The van der Waals surface area contributed by atoms with Gasteiger partial charge in [0.25, 0.3) is 0 Å². The lowest BCUT2D eigenvalue weighted by Gasteiger charge is -2.36. The molecule has 2 heterocycles. The Labute approximate surface area is 123 Å². The summed E-state index contributed by atoms with van der Waals surface area (Å²) in [5, 5.41) is 3.76. The highest BCUT2D eigenvalue weighted by molar-refractivity contribution is 4.85. The number of nitrogens with one attached hydrogen (secondary N) is 1. The van der Waals surface area contributed by atoms with Crippen LogP contribution in [0.15, 0.2) is 0 Å². The first-order chi connectivity index (χ1) is 9.76. The molecular formula is C16H30N2O2. The fourth-order valence-electron chi connectivity index (χ4n) is 3.89. The lowest BCUT2D eigenvalue weighted by Crippen LogP contribution is -2.44. The van der Waals surface area contributed by atoms with Crippen molar-refractivity contribution in [2.75, 3.05) is 39.4 Å². The quantitative estimate of drug-likeness (QED) is 0.836. The molecule has 0 aromatic carbocycles. The van der Waals surface area contributed by atoms with Crippen molar-refractivity contribution >= 4 is 0 Å². The molecule has 4 heteroatoms. The van der Waals surface area contributed by atoms with Gasteiger partial charge in [-0.2, -0.15) is 0 Å². The van der Waals surface area contributed by atoms with Gasteiger partial charge in [-0.05, 0) is 51.2 Å². The van der Waals surface area contributed by atoms with Crippen LogP contribution in [0.4, 0.5) is 0 Å². The molecule has 2 saturated heterocycles. The third-order valence-corrected chi connectivity index (χ3v) is 5.08. The summed E-state index contributed by atoms with van der Waals surface area (Å²) in [5.41, 5.74) is 0. The van der Waals surface area contributed by atoms with Crippen LogP contribution in [-0.2, 0) is 9.47 Å². The Balaban J connectivity index is 1.32. The maximum Gasteiger partial charge on any atom is 0.168 e. The Hall–Kier alpha value is -0.160. The largest absolute Gasteiger partial charge is 0.348 e. The molecule has 0 aromatic rings. The number of likely N-dealkylation sites (tertiary alicyclic amines) is 1. The Bertz CT molecular complexity index is 289. The minimum absolute atomic E-state index is 0.209. The normalized spacial score (nSPS) is 29.2. The molecule has 1 aliphatic carbocycles. The molecule has 3 fully saturated rings. The topological polar surface area (TPSA) is 33.7 Å². The number of hydrogen-bond acceptors (Lipinski definition) is 4. The maximum atomic E-state index is 5.79. The third kappa shape index (κ3) is 3.73. The van der Waals surface area contributed by atoms with Crippen molar-refractivity contribution in [1.29, 1.82) is 0 Å². The lowest BCUT2D eigenvalue weighted by atomic mass is 9.90. The van der Waals surface area contributed by atoms with Crippen molar-refractivity contribution < 1.29 is 9.47 Å². The van der Waals surface area contributed by atoms with Gasteiger partial charge in [-0.3, -0.25) is 0 Å². The summed E-state index contributed by atoms with van der Waals surface area (Å²) in [6.07, 6.45) is 7.29. The zero-order valence-corrected chi connectivity index (χ0v) is 12.9. The highest BCUT2D eigenvalue weighted by atomic mass is 16.7. The minimum atomic E-state index is -0.209. The van der Waals surface area contributed by atoms with Crippen LogP contribution >= 0.6 is 0 Å². The van der Waals surface area contributed by atoms with E-state index in [1.807, 2.05) is 0 Å². The molecule has 20 heavy (non-hydrogen) atoms. The molecule has 0 radical (unpaired) electrons. The molecule has 3 rings (SSSR count). The first-order valence-electron chi connectivity index (χ1n) is 8.49. The van der Waals surface area contributed by atoms with Gasteiger partial charge in [-0.15, -0.1) is 0 Å². The average Bonchev–Trinajstić information content (AvgIpc) is 3.11. The summed E-state index contributed by atoms with van der Waals surface area (Å²) in [7, 11) is 0. The number of rotatable bonds is 5. The molecule has 116 valence electrons. The van der Waals surface area contributed by atoms with E-state index in [9.17, 15) is 0 Å². The Morgan fingerprint density at radius 1 is 1.15 bits per heavy atom. The fraction of sp³-hybridized carbons (Fsp3) is 1.00. The van der Waals surface area contributed by atoms with E-state index in [-0.39, 0.29) is 5.79 Å². The maximum absolute atomic E-state index is 5.79. The van der Waals surface area contributed by atoms with E-state index < -0.39 is 0 Å². The third-order valence-electron chi connectivity index (χ3n) is 5.08. The second kappa shape index (κ2) is 6.73. The van der Waals surface area contributed by atoms with Gasteiger partial charge in [0.2, 0.25) is 0 Å². The number of hydrogen-bond donors (Lipinski definition) is 1. The van der Waals surface area contributed by atoms with Crippen molar-refractivity contribution in [3.05, 3.63) is 0 Å². The van der Waals surface area contributed by atoms with Gasteiger partial charge in [0.1, 0.15) is 0 Å². The molecular weight excluding hydrogens is 252 g/mol. The summed E-state index contributed by atoms with van der Waals surface area (Å²) < 4.78 is 11.6. The highest BCUT2D eigenvalue weighted by Gasteiger charge is 2.40. The van der Waals surface area contributed by atoms with E-state index in [0.717, 1.165) is 38.5 Å². The lowest BCUT2D eigenvalue weighted by molar-refractivity contribution is -0.179. The number of ether oxygens (including phenoxy) is 2. The molecule has 1 unspecified atom stereocenters. The van der Waals surface area contributed by atoms with Crippen molar-refractivity contribution in [3.8, 4) is 0 Å². The van der Waals surface area contributed by atoms with Crippen LogP contribution in [0.3, 0.4) is 0 Å². The SMILES string of the molecule is CC(CNC1CCC2(CC1)OCCO2)CN1CCCC1. The Morgan fingerprint density at radius 3 is 2.45 bits per heavy atom. The minimum Gasteiger partial charge on any atom is -0.348 e. The molecule has 0 amide bonds. The van der Waals surface area contributed by atoms with Crippen LogP contribution in [0.1, 0.15) is 45.4 Å². The van der Waals surface area contributed by atoms with Crippen LogP contribution < -0.4 is 5.32 Å². The van der Waals surface area contributed by atoms with Gasteiger partial charge in [0, 0.05) is 25.4 Å². The van der Waals surface area contributed by atoms with Gasteiger partial charge >= 0.3 is 0 Å². The van der Waals surface area contributed by atoms with Crippen LogP contribution in [-0.4, -0.2) is 56.1 Å². The fourth-order valence-corrected chi connectivity index (χ4v) is 3.89. The van der Waals surface area contributed by atoms with Crippen molar-refractivity contribution in [2.24, 2.45) is 5.92 Å². The first kappa shape index (κ1) is 14.8. The molecule has 1 atom stereocenters. The van der Waals surface area contributed by atoms with Gasteiger partial charge < -0.3 is 19.7 Å². The molecule has 0 aromatic heterocycles. The van der Waals surface area contributed by atoms with E-state index >= 15 is 0 Å². The predicted molar refractivity (Wildman–Crippen MR) is 79.7 cm³/mol. The molecule has 2 aliphatic heterocycles. The molecule has 1 spiro atoms. The van der Waals surface area contributed by atoms with E-state index in [4.69, 9.17) is 9.47 Å². The van der Waals surface area contributed by atoms with Crippen molar-refractivity contribution in [1.82, 2.24) is 10.2 Å². The standard InChI is InChI=1S/C16H30N2O2/c1-14(13-18-8-2-3-9-18)12-17-15-4-6-16(7-5-15)19-10-11-20-16/h14-15,17H,2-13H2,1H3. The van der Waals surface area contributed by atoms with E-state index in [1.165, 1.54) is 45.3 Å². The second-order valence-corrected chi connectivity index (χ2v) is 6.90. The van der Waals surface area contributed by atoms with Gasteiger partial charge in [-0.25, -0.2) is 0 Å². The highest BCUT2D eigenvalue weighted by Crippen LogP contribution is 2.35. The molecule has 0 bridgehead atoms. The molecule has 1 N–H and O–H groups in total. The monoisotopic (exact) mass is 282 g/mol. The summed E-state index contributed by atoms with van der Waals surface area (Å²) >= 11 is 0. The summed E-state index contributed by atoms with van der Waals surface area (Å²) in [6, 6.07) is 0.662. The zero-order chi connectivity index (χ0) is 13.8.